The van der Waals surface area contributed by atoms with Gasteiger partial charge in [0.05, 0.1) is 0 Å². The summed E-state index contributed by atoms with van der Waals surface area (Å²) in [5, 5.41) is 3.08. The zero-order chi connectivity index (χ0) is 13.0. The number of carbonyl (C=O) groups excluding carboxylic acids is 1. The second-order valence-electron chi connectivity index (χ2n) is 6.09. The van der Waals surface area contributed by atoms with Crippen molar-refractivity contribution in [1.29, 1.82) is 0 Å². The third kappa shape index (κ3) is 3.61. The summed E-state index contributed by atoms with van der Waals surface area (Å²) in [4.78, 5) is 14.0. The Morgan fingerprint density at radius 3 is 2.78 bits per heavy atom. The van der Waals surface area contributed by atoms with E-state index in [1.54, 1.807) is 0 Å². The van der Waals surface area contributed by atoms with Crippen molar-refractivity contribution in [2.75, 3.05) is 19.6 Å². The molecule has 2 fully saturated rings. The van der Waals surface area contributed by atoms with Crippen LogP contribution >= 0.6 is 0 Å². The minimum atomic E-state index is 0.110. The molecule has 4 nitrogen and oxygen atoms in total. The molecule has 104 valence electrons. The first-order chi connectivity index (χ1) is 8.66. The van der Waals surface area contributed by atoms with E-state index in [9.17, 15) is 4.79 Å². The highest BCUT2D eigenvalue weighted by atomic mass is 16.2. The number of rotatable bonds is 2. The van der Waals surface area contributed by atoms with Gasteiger partial charge in [0, 0.05) is 25.7 Å². The molecule has 3 N–H and O–H groups in total. The van der Waals surface area contributed by atoms with Gasteiger partial charge in [-0.05, 0) is 37.5 Å². The molecule has 4 heteroatoms. The molecule has 3 unspecified atom stereocenters. The molecule has 0 bridgehead atoms. The first-order valence-electron chi connectivity index (χ1n) is 7.45. The first-order valence-corrected chi connectivity index (χ1v) is 7.45. The monoisotopic (exact) mass is 253 g/mol. The lowest BCUT2D eigenvalue weighted by molar-refractivity contribution is 0.166. The summed E-state index contributed by atoms with van der Waals surface area (Å²) in [6.07, 6.45) is 7.16. The van der Waals surface area contributed by atoms with Crippen LogP contribution in [0.5, 0.6) is 0 Å². The molecule has 1 heterocycles. The van der Waals surface area contributed by atoms with Crippen molar-refractivity contribution in [1.82, 2.24) is 10.2 Å². The molecule has 1 saturated carbocycles. The zero-order valence-electron chi connectivity index (χ0n) is 11.5. The third-order valence-corrected chi connectivity index (χ3v) is 4.43. The van der Waals surface area contributed by atoms with Gasteiger partial charge in [-0.3, -0.25) is 0 Å². The van der Waals surface area contributed by atoms with Crippen LogP contribution in [-0.2, 0) is 0 Å². The van der Waals surface area contributed by atoms with Crippen LogP contribution in [0.3, 0.4) is 0 Å². The van der Waals surface area contributed by atoms with Crippen molar-refractivity contribution < 1.29 is 4.79 Å². The number of piperidine rings is 1. The number of hydrogen-bond acceptors (Lipinski definition) is 2. The molecule has 0 radical (unpaired) electrons. The maximum Gasteiger partial charge on any atom is 0.317 e. The standard InChI is InChI=1S/C14H27N3O/c1-11-5-4-8-17(10-11)14(18)16-9-12-6-2-3-7-13(12)15/h11-13H,2-10,15H2,1H3,(H,16,18). The van der Waals surface area contributed by atoms with Gasteiger partial charge in [0.25, 0.3) is 0 Å². The number of nitrogens with zero attached hydrogens (tertiary/aromatic N) is 1. The van der Waals surface area contributed by atoms with E-state index in [-0.39, 0.29) is 12.1 Å². The lowest BCUT2D eigenvalue weighted by Crippen LogP contribution is -2.48. The van der Waals surface area contributed by atoms with Gasteiger partial charge in [-0.2, -0.15) is 0 Å². The van der Waals surface area contributed by atoms with Crippen LogP contribution in [0.15, 0.2) is 0 Å². The van der Waals surface area contributed by atoms with E-state index in [0.29, 0.717) is 11.8 Å². The van der Waals surface area contributed by atoms with Gasteiger partial charge in [-0.15, -0.1) is 0 Å². The Morgan fingerprint density at radius 2 is 2.06 bits per heavy atom. The van der Waals surface area contributed by atoms with E-state index in [1.807, 2.05) is 4.90 Å². The lowest BCUT2D eigenvalue weighted by atomic mass is 9.85. The van der Waals surface area contributed by atoms with E-state index >= 15 is 0 Å². The second kappa shape index (κ2) is 6.41. The Bertz CT molecular complexity index is 282. The van der Waals surface area contributed by atoms with Gasteiger partial charge in [0.1, 0.15) is 0 Å². The van der Waals surface area contributed by atoms with Crippen LogP contribution < -0.4 is 11.1 Å². The summed E-state index contributed by atoms with van der Waals surface area (Å²) in [5.41, 5.74) is 6.10. The van der Waals surface area contributed by atoms with Crippen molar-refractivity contribution in [2.24, 2.45) is 17.6 Å². The predicted molar refractivity (Wildman–Crippen MR) is 73.3 cm³/mol. The fourth-order valence-electron chi connectivity index (χ4n) is 3.19. The smallest absolute Gasteiger partial charge is 0.317 e. The van der Waals surface area contributed by atoms with Gasteiger partial charge in [-0.1, -0.05) is 19.8 Å². The first kappa shape index (κ1) is 13.7. The minimum absolute atomic E-state index is 0.110. The number of urea groups is 1. The van der Waals surface area contributed by atoms with Crippen LogP contribution in [0.4, 0.5) is 4.79 Å². The van der Waals surface area contributed by atoms with E-state index in [1.165, 1.54) is 19.3 Å². The molecule has 0 aromatic rings. The summed E-state index contributed by atoms with van der Waals surface area (Å²) in [7, 11) is 0. The largest absolute Gasteiger partial charge is 0.338 e. The van der Waals surface area contributed by atoms with Crippen LogP contribution in [0.2, 0.25) is 0 Å². The highest BCUT2D eigenvalue weighted by Gasteiger charge is 2.24. The van der Waals surface area contributed by atoms with Crippen molar-refractivity contribution in [3.63, 3.8) is 0 Å². The number of nitrogens with two attached hydrogens (primary N) is 1. The van der Waals surface area contributed by atoms with E-state index in [2.05, 4.69) is 12.2 Å². The highest BCUT2D eigenvalue weighted by Crippen LogP contribution is 2.22. The fourth-order valence-corrected chi connectivity index (χ4v) is 3.19. The normalized spacial score (nSPS) is 33.2. The van der Waals surface area contributed by atoms with E-state index < -0.39 is 0 Å². The number of likely N-dealkylation sites (tertiary alicyclic amines) is 1. The Balaban J connectivity index is 1.73. The van der Waals surface area contributed by atoms with Crippen LogP contribution in [0.1, 0.15) is 45.4 Å². The number of amides is 2. The van der Waals surface area contributed by atoms with Gasteiger partial charge < -0.3 is 16.0 Å². The van der Waals surface area contributed by atoms with Crippen LogP contribution in [0, 0.1) is 11.8 Å². The Hall–Kier alpha value is -0.770. The molecular formula is C14H27N3O. The summed E-state index contributed by atoms with van der Waals surface area (Å²) in [6, 6.07) is 0.388. The molecule has 0 aromatic heterocycles. The maximum absolute atomic E-state index is 12.1. The van der Waals surface area contributed by atoms with Gasteiger partial charge >= 0.3 is 6.03 Å². The molecule has 1 saturated heterocycles. The molecule has 0 spiro atoms. The van der Waals surface area contributed by atoms with E-state index in [0.717, 1.165) is 38.9 Å². The molecule has 1 aliphatic carbocycles. The molecule has 0 aromatic carbocycles. The lowest BCUT2D eigenvalue weighted by Gasteiger charge is -2.33. The molecule has 18 heavy (non-hydrogen) atoms. The highest BCUT2D eigenvalue weighted by molar-refractivity contribution is 5.74. The summed E-state index contributed by atoms with van der Waals surface area (Å²) in [5.74, 6) is 1.12. The summed E-state index contributed by atoms with van der Waals surface area (Å²) in [6.45, 7) is 4.79. The van der Waals surface area contributed by atoms with Gasteiger partial charge in [-0.25, -0.2) is 4.79 Å². The Labute approximate surface area is 110 Å². The molecule has 1 aliphatic heterocycles. The molecular weight excluding hydrogens is 226 g/mol. The summed E-state index contributed by atoms with van der Waals surface area (Å²) < 4.78 is 0. The topological polar surface area (TPSA) is 58.4 Å². The van der Waals surface area contributed by atoms with E-state index in [4.69, 9.17) is 5.73 Å². The van der Waals surface area contributed by atoms with Crippen molar-refractivity contribution >= 4 is 6.03 Å². The molecule has 2 aliphatic rings. The number of nitrogens with one attached hydrogen (secondary N) is 1. The average Bonchev–Trinajstić information content (AvgIpc) is 2.37. The van der Waals surface area contributed by atoms with Gasteiger partial charge in [0.2, 0.25) is 0 Å². The second-order valence-corrected chi connectivity index (χ2v) is 6.09. The van der Waals surface area contributed by atoms with Crippen molar-refractivity contribution in [3.05, 3.63) is 0 Å². The molecule has 3 atom stereocenters. The SMILES string of the molecule is CC1CCCN(C(=O)NCC2CCCCC2N)C1. The van der Waals surface area contributed by atoms with Crippen molar-refractivity contribution in [3.8, 4) is 0 Å². The number of carbonyl (C=O) groups is 1. The number of hydrogen-bond donors (Lipinski definition) is 2. The minimum Gasteiger partial charge on any atom is -0.338 e. The quantitative estimate of drug-likeness (QED) is 0.790. The van der Waals surface area contributed by atoms with Crippen molar-refractivity contribution in [2.45, 2.75) is 51.5 Å². The van der Waals surface area contributed by atoms with Crippen LogP contribution in [-0.4, -0.2) is 36.6 Å². The predicted octanol–water partition coefficient (Wildman–Crippen LogP) is 1.95. The zero-order valence-corrected chi connectivity index (χ0v) is 11.5. The Morgan fingerprint density at radius 1 is 1.28 bits per heavy atom. The van der Waals surface area contributed by atoms with Gasteiger partial charge in [0.15, 0.2) is 0 Å². The fraction of sp³-hybridized carbons (Fsp3) is 0.929. The summed E-state index contributed by atoms with van der Waals surface area (Å²) >= 11 is 0. The Kier molecular flexibility index (Phi) is 4.87. The van der Waals surface area contributed by atoms with Crippen LogP contribution in [0.25, 0.3) is 0 Å². The maximum atomic E-state index is 12.1. The average molecular weight is 253 g/mol. The third-order valence-electron chi connectivity index (χ3n) is 4.43. The molecule has 2 rings (SSSR count). The molecule has 2 amide bonds.